The van der Waals surface area contributed by atoms with E-state index in [2.05, 4.69) is 18.9 Å². The van der Waals surface area contributed by atoms with E-state index in [0.717, 1.165) is 5.56 Å². The molecule has 0 radical (unpaired) electrons. The first-order valence-electron chi connectivity index (χ1n) is 8.57. The van der Waals surface area contributed by atoms with Crippen LogP contribution in [0.5, 0.6) is 0 Å². The summed E-state index contributed by atoms with van der Waals surface area (Å²) in [4.78, 5) is 11.0. The third kappa shape index (κ3) is 7.76. The van der Waals surface area contributed by atoms with Gasteiger partial charge in [-0.25, -0.2) is 9.87 Å². The van der Waals surface area contributed by atoms with Gasteiger partial charge in [-0.3, -0.25) is 14.7 Å². The first-order chi connectivity index (χ1) is 12.4. The number of aryl methyl sites for hydroxylation is 2. The molecule has 0 aliphatic rings. The van der Waals surface area contributed by atoms with Gasteiger partial charge in [-0.05, 0) is 56.9 Å². The standard InChI is InChI=1S/C13H18FNO3.C6H10N2/c1-9-7-10(4-6-12(9)14)3-5-11(18-2)8-13(16)15-17;1-6(2)8-5-3-4-7-8/h4,6-7,11,17H,3,5,8H2,1-2H3,(H,15,16);3-6H,1-2H3. The molecule has 2 aromatic rings. The molecule has 0 aliphatic heterocycles. The molecule has 1 aromatic carbocycles. The number of ether oxygens (including phenoxy) is 1. The van der Waals surface area contributed by atoms with Crippen LogP contribution in [0.25, 0.3) is 0 Å². The van der Waals surface area contributed by atoms with Crippen LogP contribution in [0.3, 0.4) is 0 Å². The van der Waals surface area contributed by atoms with Gasteiger partial charge in [0, 0.05) is 25.5 Å². The number of amides is 1. The lowest BCUT2D eigenvalue weighted by molar-refractivity contribution is -0.131. The van der Waals surface area contributed by atoms with Gasteiger partial charge in [0.05, 0.1) is 12.5 Å². The van der Waals surface area contributed by atoms with Crippen LogP contribution in [-0.2, 0) is 16.0 Å². The van der Waals surface area contributed by atoms with E-state index < -0.39 is 5.91 Å². The van der Waals surface area contributed by atoms with Gasteiger partial charge in [-0.1, -0.05) is 12.1 Å². The van der Waals surface area contributed by atoms with E-state index in [1.54, 1.807) is 30.7 Å². The smallest absolute Gasteiger partial charge is 0.245 e. The fraction of sp³-hybridized carbons (Fsp3) is 0.474. The van der Waals surface area contributed by atoms with Gasteiger partial charge in [0.15, 0.2) is 0 Å². The highest BCUT2D eigenvalue weighted by molar-refractivity contribution is 5.75. The van der Waals surface area contributed by atoms with Crippen LogP contribution in [0.15, 0.2) is 36.7 Å². The number of methoxy groups -OCH3 is 1. The van der Waals surface area contributed by atoms with E-state index >= 15 is 0 Å². The highest BCUT2D eigenvalue weighted by Crippen LogP contribution is 2.13. The minimum Gasteiger partial charge on any atom is -0.381 e. The molecule has 0 bridgehead atoms. The first-order valence-corrected chi connectivity index (χ1v) is 8.57. The zero-order valence-electron chi connectivity index (χ0n) is 15.8. The van der Waals surface area contributed by atoms with Gasteiger partial charge in [-0.15, -0.1) is 0 Å². The highest BCUT2D eigenvalue weighted by atomic mass is 19.1. The molecule has 1 atom stereocenters. The number of hydrogen-bond acceptors (Lipinski definition) is 4. The Morgan fingerprint density at radius 3 is 2.62 bits per heavy atom. The van der Waals surface area contributed by atoms with Crippen LogP contribution < -0.4 is 5.48 Å². The maximum Gasteiger partial charge on any atom is 0.245 e. The summed E-state index contributed by atoms with van der Waals surface area (Å²) in [5.74, 6) is -0.696. The Bertz CT molecular complexity index is 660. The van der Waals surface area contributed by atoms with Crippen molar-refractivity contribution in [2.24, 2.45) is 0 Å². The van der Waals surface area contributed by atoms with E-state index in [9.17, 15) is 9.18 Å². The van der Waals surface area contributed by atoms with E-state index in [4.69, 9.17) is 9.94 Å². The van der Waals surface area contributed by atoms with Crippen molar-refractivity contribution >= 4 is 5.91 Å². The molecule has 2 rings (SSSR count). The van der Waals surface area contributed by atoms with Crippen LogP contribution in [0.2, 0.25) is 0 Å². The SMILES string of the molecule is CC(C)n1cccn1.COC(CCc1ccc(F)c(C)c1)CC(=O)NO. The van der Waals surface area contributed by atoms with Gasteiger partial charge in [0.2, 0.25) is 5.91 Å². The van der Waals surface area contributed by atoms with Crippen LogP contribution in [0.4, 0.5) is 4.39 Å². The Labute approximate surface area is 153 Å². The van der Waals surface area contributed by atoms with Crippen LogP contribution in [0, 0.1) is 12.7 Å². The van der Waals surface area contributed by atoms with E-state index in [1.807, 2.05) is 16.9 Å². The van der Waals surface area contributed by atoms with E-state index in [1.165, 1.54) is 13.2 Å². The fourth-order valence-electron chi connectivity index (χ4n) is 2.33. The monoisotopic (exact) mass is 365 g/mol. The van der Waals surface area contributed by atoms with E-state index in [-0.39, 0.29) is 18.3 Å². The molecule has 1 heterocycles. The normalized spacial score (nSPS) is 11.7. The molecular formula is C19H28FN3O3. The van der Waals surface area contributed by atoms with Crippen molar-refractivity contribution in [2.75, 3.05) is 7.11 Å². The summed E-state index contributed by atoms with van der Waals surface area (Å²) in [6.07, 6.45) is 4.92. The largest absolute Gasteiger partial charge is 0.381 e. The van der Waals surface area contributed by atoms with Gasteiger partial charge in [0.25, 0.3) is 0 Å². The predicted molar refractivity (Wildman–Crippen MR) is 97.4 cm³/mol. The fourth-order valence-corrected chi connectivity index (χ4v) is 2.33. The van der Waals surface area contributed by atoms with Crippen molar-refractivity contribution in [1.29, 1.82) is 0 Å². The Kier molecular flexibility index (Phi) is 9.54. The summed E-state index contributed by atoms with van der Waals surface area (Å²) in [6.45, 7) is 5.92. The molecule has 0 saturated carbocycles. The maximum atomic E-state index is 13.1. The third-order valence-corrected chi connectivity index (χ3v) is 3.90. The Hall–Kier alpha value is -2.25. The average Bonchev–Trinajstić information content (AvgIpc) is 3.16. The number of halogens is 1. The maximum absolute atomic E-state index is 13.1. The number of nitrogens with one attached hydrogen (secondary N) is 1. The molecule has 0 fully saturated rings. The average molecular weight is 365 g/mol. The Balaban J connectivity index is 0.000000350. The molecular weight excluding hydrogens is 337 g/mol. The van der Waals surface area contributed by atoms with Gasteiger partial charge in [-0.2, -0.15) is 5.10 Å². The van der Waals surface area contributed by atoms with Gasteiger partial charge in [0.1, 0.15) is 5.82 Å². The summed E-state index contributed by atoms with van der Waals surface area (Å²) >= 11 is 0. The van der Waals surface area contributed by atoms with Crippen molar-refractivity contribution in [3.8, 4) is 0 Å². The lowest BCUT2D eigenvalue weighted by Crippen LogP contribution is -2.25. The van der Waals surface area contributed by atoms with Crippen molar-refractivity contribution < 1.29 is 19.1 Å². The number of aromatic nitrogens is 2. The summed E-state index contributed by atoms with van der Waals surface area (Å²) < 4.78 is 20.1. The molecule has 0 spiro atoms. The minimum absolute atomic E-state index is 0.104. The summed E-state index contributed by atoms with van der Waals surface area (Å²) in [5.41, 5.74) is 3.18. The number of carbonyl (C=O) groups excluding carboxylic acids is 1. The van der Waals surface area contributed by atoms with Crippen LogP contribution >= 0.6 is 0 Å². The molecule has 26 heavy (non-hydrogen) atoms. The number of benzene rings is 1. The van der Waals surface area contributed by atoms with Crippen LogP contribution in [-0.4, -0.2) is 34.1 Å². The predicted octanol–water partition coefficient (Wildman–Crippen LogP) is 3.44. The number of hydroxylamine groups is 1. The van der Waals surface area contributed by atoms with E-state index in [0.29, 0.717) is 24.4 Å². The second kappa shape index (κ2) is 11.4. The minimum atomic E-state index is -0.475. The molecule has 144 valence electrons. The quantitative estimate of drug-likeness (QED) is 0.582. The van der Waals surface area contributed by atoms with Crippen molar-refractivity contribution in [1.82, 2.24) is 15.3 Å². The van der Waals surface area contributed by atoms with Crippen LogP contribution in [0.1, 0.15) is 43.9 Å². The molecule has 0 saturated heterocycles. The van der Waals surface area contributed by atoms with Crippen molar-refractivity contribution in [3.05, 3.63) is 53.6 Å². The Morgan fingerprint density at radius 1 is 1.42 bits per heavy atom. The zero-order valence-corrected chi connectivity index (χ0v) is 15.8. The second-order valence-electron chi connectivity index (χ2n) is 6.30. The first kappa shape index (κ1) is 21.8. The second-order valence-corrected chi connectivity index (χ2v) is 6.30. The number of hydrogen-bond donors (Lipinski definition) is 2. The Morgan fingerprint density at radius 2 is 2.15 bits per heavy atom. The molecule has 1 amide bonds. The molecule has 1 aromatic heterocycles. The van der Waals surface area contributed by atoms with Crippen molar-refractivity contribution in [3.63, 3.8) is 0 Å². The van der Waals surface area contributed by atoms with Crippen molar-refractivity contribution in [2.45, 2.75) is 52.2 Å². The lowest BCUT2D eigenvalue weighted by Gasteiger charge is -2.14. The zero-order chi connectivity index (χ0) is 19.5. The topological polar surface area (TPSA) is 76.4 Å². The lowest BCUT2D eigenvalue weighted by atomic mass is 10.0. The number of nitrogens with zero attached hydrogens (tertiary/aromatic N) is 2. The molecule has 1 unspecified atom stereocenters. The van der Waals surface area contributed by atoms with Gasteiger partial charge >= 0.3 is 0 Å². The molecule has 7 heteroatoms. The summed E-state index contributed by atoms with van der Waals surface area (Å²) in [5, 5.41) is 12.5. The highest BCUT2D eigenvalue weighted by Gasteiger charge is 2.13. The molecule has 2 N–H and O–H groups in total. The number of carbonyl (C=O) groups is 1. The summed E-state index contributed by atoms with van der Waals surface area (Å²) in [6, 6.07) is 7.37. The summed E-state index contributed by atoms with van der Waals surface area (Å²) in [7, 11) is 1.52. The molecule has 6 nitrogen and oxygen atoms in total. The van der Waals surface area contributed by atoms with Gasteiger partial charge < -0.3 is 4.74 Å². The molecule has 0 aliphatic carbocycles. The number of rotatable bonds is 7. The third-order valence-electron chi connectivity index (χ3n) is 3.90.